The first-order valence-electron chi connectivity index (χ1n) is 0. The molecule has 0 saturated carbocycles. The van der Waals surface area contributed by atoms with E-state index in [0.29, 0.717) is 0 Å². The van der Waals surface area contributed by atoms with Gasteiger partial charge in [-0.1, -0.05) is 0 Å². The van der Waals surface area contributed by atoms with Gasteiger partial charge in [-0.2, -0.15) is 0 Å². The van der Waals surface area contributed by atoms with Gasteiger partial charge in [0.2, 0.25) is 0 Å². The third-order valence-corrected chi connectivity index (χ3v) is 0. The molecule has 0 fully saturated rings. The fourth-order valence-electron chi connectivity index (χ4n) is 0. The minimum Gasteiger partial charge on any atom is 0 e. The van der Waals surface area contributed by atoms with Crippen LogP contribution >= 0.6 is 0 Å². The molecule has 0 bridgehead atoms. The van der Waals surface area contributed by atoms with Crippen LogP contribution < -0.4 is 0 Å². The summed E-state index contributed by atoms with van der Waals surface area (Å²) in [4.78, 5) is 0. The maximum Gasteiger partial charge on any atom is 0 e. The Morgan fingerprint density at radius 1 is 0.500 bits per heavy atom. The Bertz CT molecular complexity index is 4.00. The van der Waals surface area contributed by atoms with Crippen molar-refractivity contribution in [3.05, 3.63) is 0 Å². The normalized spacial score (nSPS) is 0. The number of rotatable bonds is 0. The summed E-state index contributed by atoms with van der Waals surface area (Å²) >= 11 is 0. The van der Waals surface area contributed by atoms with E-state index in [4.69, 9.17) is 0 Å². The zero-order chi connectivity index (χ0) is 0. The van der Waals surface area contributed by atoms with Gasteiger partial charge in [-0.05, 0) is 0 Å². The monoisotopic (exact) mass is 238 g/mol. The fourth-order valence-corrected chi connectivity index (χ4v) is 0. The van der Waals surface area contributed by atoms with Gasteiger partial charge in [0.1, 0.15) is 0 Å². The van der Waals surface area contributed by atoms with Crippen LogP contribution in [0.25, 0.3) is 0 Å². The van der Waals surface area contributed by atoms with Gasteiger partial charge >= 0.3 is 0 Å². The molecule has 0 aliphatic carbocycles. The topological polar surface area (TPSA) is 0 Å². The van der Waals surface area contributed by atoms with Crippen LogP contribution in [-0.2, 0) is 73.1 Å². The summed E-state index contributed by atoms with van der Waals surface area (Å²) in [7, 11) is 0. The fraction of sp³-hybridized carbons (Fsp3) is 0. The molecule has 0 rings (SSSR count). The summed E-state index contributed by atoms with van der Waals surface area (Å²) in [5.74, 6) is 0. The Morgan fingerprint density at radius 3 is 0.500 bits per heavy atom. The standard InChI is InChI=1S/2Mn.2Zn. The summed E-state index contributed by atoms with van der Waals surface area (Å²) in [6, 6.07) is 0. The van der Waals surface area contributed by atoms with Crippen LogP contribution in [0.2, 0.25) is 0 Å². The first kappa shape index (κ1) is 33.6. The molecule has 0 atom stereocenters. The molecule has 0 heterocycles. The largest absolute Gasteiger partial charge is 0 e. The van der Waals surface area contributed by atoms with Gasteiger partial charge in [-0.3, -0.25) is 0 Å². The van der Waals surface area contributed by atoms with E-state index < -0.39 is 0 Å². The predicted molar refractivity (Wildman–Crippen MR) is 0 cm³/mol. The second-order valence-electron chi connectivity index (χ2n) is 0. The molecule has 0 saturated heterocycles. The van der Waals surface area contributed by atoms with Gasteiger partial charge in [-0.15, -0.1) is 0 Å². The van der Waals surface area contributed by atoms with Crippen LogP contribution in [0.5, 0.6) is 0 Å². The molecule has 18 valence electrons. The molecule has 0 aromatic heterocycles. The maximum absolute atomic E-state index is 0. The van der Waals surface area contributed by atoms with E-state index in [1.807, 2.05) is 0 Å². The molecule has 0 unspecified atom stereocenters. The van der Waals surface area contributed by atoms with E-state index in [-0.39, 0.29) is 73.1 Å². The first-order chi connectivity index (χ1) is 0. The van der Waals surface area contributed by atoms with Crippen molar-refractivity contribution in [2.75, 3.05) is 0 Å². The molecule has 0 spiro atoms. The van der Waals surface area contributed by atoms with E-state index in [2.05, 4.69) is 0 Å². The SMILES string of the molecule is [Mn].[Mn].[Zn].[Zn]. The van der Waals surface area contributed by atoms with E-state index in [9.17, 15) is 0 Å². The molecule has 4 heavy (non-hydrogen) atoms. The zero-order valence-corrected chi connectivity index (χ0v) is 10.5. The van der Waals surface area contributed by atoms with Gasteiger partial charge in [-0.25, -0.2) is 0 Å². The third kappa shape index (κ3) is 8.86. The van der Waals surface area contributed by atoms with Gasteiger partial charge in [0, 0.05) is 73.1 Å². The molecular weight excluding hydrogens is 241 g/mol. The van der Waals surface area contributed by atoms with Crippen LogP contribution in [-0.4, -0.2) is 0 Å². The smallest absolute Gasteiger partial charge is 0 e. The van der Waals surface area contributed by atoms with Gasteiger partial charge < -0.3 is 0 Å². The quantitative estimate of drug-likeness (QED) is 0.523. The Kier molecular flexibility index (Phi) is 156. The second-order valence-corrected chi connectivity index (χ2v) is 0. The summed E-state index contributed by atoms with van der Waals surface area (Å²) < 4.78 is 0. The van der Waals surface area contributed by atoms with Gasteiger partial charge in [0.05, 0.1) is 0 Å². The zero-order valence-electron chi connectivity index (χ0n) is 2.17. The van der Waals surface area contributed by atoms with Crippen LogP contribution in [0.3, 0.4) is 0 Å². The van der Waals surface area contributed by atoms with Crippen molar-refractivity contribution in [1.29, 1.82) is 0 Å². The van der Waals surface area contributed by atoms with E-state index >= 15 is 0 Å². The van der Waals surface area contributed by atoms with Crippen molar-refractivity contribution in [3.63, 3.8) is 0 Å². The Hall–Kier alpha value is 2.29. The van der Waals surface area contributed by atoms with Crippen molar-refractivity contribution >= 4 is 0 Å². The Morgan fingerprint density at radius 2 is 0.500 bits per heavy atom. The van der Waals surface area contributed by atoms with Crippen molar-refractivity contribution in [2.45, 2.75) is 0 Å². The number of hydrogen-bond donors (Lipinski definition) is 0. The molecule has 0 aliphatic heterocycles. The van der Waals surface area contributed by atoms with E-state index in [0.717, 1.165) is 0 Å². The van der Waals surface area contributed by atoms with Crippen molar-refractivity contribution in [2.24, 2.45) is 0 Å². The molecular formula is Mn2Zn2. The number of hydrogen-bond acceptors (Lipinski definition) is 0. The minimum absolute atomic E-state index is 0. The minimum atomic E-state index is 0. The summed E-state index contributed by atoms with van der Waals surface area (Å²) in [6.07, 6.45) is 0. The predicted octanol–water partition coefficient (Wildman–Crippen LogP) is -0.0100. The molecule has 0 amide bonds. The van der Waals surface area contributed by atoms with Gasteiger partial charge in [0.15, 0.2) is 0 Å². The maximum atomic E-state index is 0. The molecule has 0 nitrogen and oxygen atoms in total. The Labute approximate surface area is 72.3 Å². The van der Waals surface area contributed by atoms with Crippen LogP contribution in [0.4, 0.5) is 0 Å². The third-order valence-electron chi connectivity index (χ3n) is 0. The summed E-state index contributed by atoms with van der Waals surface area (Å²) in [6.45, 7) is 0. The van der Waals surface area contributed by atoms with Crippen molar-refractivity contribution < 1.29 is 73.1 Å². The summed E-state index contributed by atoms with van der Waals surface area (Å²) in [5, 5.41) is 0. The van der Waals surface area contributed by atoms with Crippen LogP contribution in [0.1, 0.15) is 0 Å². The molecule has 0 aromatic rings. The molecule has 0 aromatic carbocycles. The van der Waals surface area contributed by atoms with Crippen LogP contribution in [0.15, 0.2) is 0 Å². The van der Waals surface area contributed by atoms with E-state index in [1.54, 1.807) is 0 Å². The average Bonchev–Trinajstić information content (AvgIpc) is 0. The molecule has 0 aliphatic rings. The Balaban J connectivity index is 0. The molecule has 0 N–H and O–H groups in total. The van der Waals surface area contributed by atoms with Crippen molar-refractivity contribution in [1.82, 2.24) is 0 Å². The van der Waals surface area contributed by atoms with Crippen LogP contribution in [0, 0.1) is 0 Å². The first-order valence-corrected chi connectivity index (χ1v) is 0. The summed E-state index contributed by atoms with van der Waals surface area (Å²) in [5.41, 5.74) is 0. The van der Waals surface area contributed by atoms with Crippen molar-refractivity contribution in [3.8, 4) is 0 Å². The average molecular weight is 241 g/mol. The van der Waals surface area contributed by atoms with Gasteiger partial charge in [0.25, 0.3) is 0 Å². The van der Waals surface area contributed by atoms with E-state index in [1.165, 1.54) is 0 Å². The molecule has 4 heteroatoms. The molecule has 2 radical (unpaired) electrons. The second kappa shape index (κ2) is 18.6.